The molecule has 0 nitrogen and oxygen atoms in total. The van der Waals surface area contributed by atoms with E-state index < -0.39 is 0 Å². The van der Waals surface area contributed by atoms with Gasteiger partial charge in [-0.2, -0.15) is 0 Å². The average Bonchev–Trinajstić information content (AvgIpc) is 2.40. The van der Waals surface area contributed by atoms with E-state index in [0.717, 1.165) is 9.40 Å². The normalized spacial score (nSPS) is 11.0. The zero-order valence-corrected chi connectivity index (χ0v) is 7.72. The van der Waals surface area contributed by atoms with E-state index in [1.54, 1.807) is 0 Å². The molecule has 50 valence electrons. The molecule has 0 saturated carbocycles. The van der Waals surface area contributed by atoms with Crippen LogP contribution in [0.1, 0.15) is 0 Å². The van der Waals surface area contributed by atoms with Crippen molar-refractivity contribution in [2.75, 3.05) is 0 Å². The van der Waals surface area contributed by atoms with Crippen molar-refractivity contribution in [2.24, 2.45) is 0 Å². The van der Waals surface area contributed by atoms with Gasteiger partial charge in [-0.05, 0) is 0 Å². The second kappa shape index (κ2) is 2.38. The third-order valence-electron chi connectivity index (χ3n) is 1.11. The number of rotatable bonds is 0. The molecule has 0 saturated heterocycles. The van der Waals surface area contributed by atoms with Crippen molar-refractivity contribution < 1.29 is 0 Å². The van der Waals surface area contributed by atoms with Crippen LogP contribution in [0, 0.1) is 10.8 Å². The summed E-state index contributed by atoms with van der Waals surface area (Å²) in [5, 5.41) is 7.95. The van der Waals surface area contributed by atoms with Gasteiger partial charge < -0.3 is 0 Å². The summed E-state index contributed by atoms with van der Waals surface area (Å²) in [6.45, 7) is 0. The van der Waals surface area contributed by atoms with Crippen LogP contribution in [0.4, 0.5) is 0 Å². The first-order valence-electron chi connectivity index (χ1n) is 2.44. The van der Waals surface area contributed by atoms with Gasteiger partial charge in [0.05, 0.1) is 24.8 Å². The minimum Gasteiger partial charge on any atom is -0.122 e. The van der Waals surface area contributed by atoms with Crippen LogP contribution in [0.3, 0.4) is 0 Å². The lowest BCUT2D eigenvalue weighted by Crippen LogP contribution is -1.53. The SMILES string of the molecule is Clc1[c]sc2s[c]c(Cl)c12. The lowest BCUT2D eigenvalue weighted by atomic mass is 10.4. The predicted octanol–water partition coefficient (Wildman–Crippen LogP) is 3.87. The molecule has 2 aromatic rings. The molecule has 2 radical (unpaired) electrons. The lowest BCUT2D eigenvalue weighted by molar-refractivity contribution is 2.05. The van der Waals surface area contributed by atoms with Gasteiger partial charge in [-0.15, -0.1) is 22.7 Å². The van der Waals surface area contributed by atoms with Crippen molar-refractivity contribution in [3.8, 4) is 0 Å². The van der Waals surface area contributed by atoms with Gasteiger partial charge in [0.1, 0.15) is 0 Å². The molecule has 0 fully saturated rings. The molecule has 0 unspecified atom stereocenters. The minimum absolute atomic E-state index is 0.613. The van der Waals surface area contributed by atoms with Gasteiger partial charge in [-0.3, -0.25) is 0 Å². The zero-order valence-electron chi connectivity index (χ0n) is 4.57. The summed E-state index contributed by atoms with van der Waals surface area (Å²) in [6, 6.07) is 0. The maximum absolute atomic E-state index is 5.78. The van der Waals surface area contributed by atoms with Gasteiger partial charge in [0.15, 0.2) is 0 Å². The maximum Gasteiger partial charge on any atom is 0.0909 e. The molecule has 4 heteroatoms. The number of fused-ring (bicyclic) bond motifs is 1. The predicted molar refractivity (Wildman–Crippen MR) is 47.4 cm³/mol. The number of thiophene rings is 2. The fourth-order valence-corrected chi connectivity index (χ4v) is 3.16. The van der Waals surface area contributed by atoms with Gasteiger partial charge in [0.2, 0.25) is 0 Å². The molecule has 0 bridgehead atoms. The second-order valence-electron chi connectivity index (χ2n) is 1.70. The summed E-state index contributed by atoms with van der Waals surface area (Å²) in [5.74, 6) is 0. The van der Waals surface area contributed by atoms with Gasteiger partial charge in [0, 0.05) is 5.39 Å². The van der Waals surface area contributed by atoms with Crippen LogP contribution in [0.2, 0.25) is 10.0 Å². The summed E-state index contributed by atoms with van der Waals surface area (Å²) >= 11 is 14.5. The van der Waals surface area contributed by atoms with Crippen molar-refractivity contribution in [3.63, 3.8) is 0 Å². The van der Waals surface area contributed by atoms with Crippen LogP contribution in [-0.4, -0.2) is 0 Å². The second-order valence-corrected chi connectivity index (χ2v) is 4.35. The standard InChI is InChI=1S/C6Cl2S2/c7-3-1-9-6-5(3)4(8)2-10-6. The molecule has 0 aliphatic rings. The van der Waals surface area contributed by atoms with Gasteiger partial charge in [-0.25, -0.2) is 0 Å². The van der Waals surface area contributed by atoms with E-state index in [-0.39, 0.29) is 0 Å². The Balaban J connectivity index is 2.98. The number of hydrogen-bond donors (Lipinski definition) is 0. The van der Waals surface area contributed by atoms with E-state index in [4.69, 9.17) is 23.2 Å². The first-order valence-corrected chi connectivity index (χ1v) is 4.83. The molecule has 0 aliphatic heterocycles. The molecule has 0 N–H and O–H groups in total. The molecule has 0 aromatic carbocycles. The van der Waals surface area contributed by atoms with Gasteiger partial charge in [0.25, 0.3) is 0 Å². The zero-order chi connectivity index (χ0) is 7.14. The topological polar surface area (TPSA) is 0 Å². The first-order chi connectivity index (χ1) is 4.79. The van der Waals surface area contributed by atoms with Crippen molar-refractivity contribution in [1.82, 2.24) is 0 Å². The fourth-order valence-electron chi connectivity index (χ4n) is 0.683. The molecular weight excluding hydrogens is 207 g/mol. The Labute approximate surface area is 76.0 Å². The minimum atomic E-state index is 0.613. The summed E-state index contributed by atoms with van der Waals surface area (Å²) in [7, 11) is 0. The van der Waals surface area contributed by atoms with Crippen LogP contribution >= 0.6 is 45.9 Å². The summed E-state index contributed by atoms with van der Waals surface area (Å²) in [5.41, 5.74) is 0. The summed E-state index contributed by atoms with van der Waals surface area (Å²) in [6.07, 6.45) is 0. The van der Waals surface area contributed by atoms with Gasteiger partial charge >= 0.3 is 0 Å². The largest absolute Gasteiger partial charge is 0.122 e. The van der Waals surface area contributed by atoms with E-state index in [1.165, 1.54) is 22.7 Å². The molecule has 0 atom stereocenters. The molecular formula is C6Cl2S2. The monoisotopic (exact) mass is 206 g/mol. The molecule has 2 heterocycles. The average molecular weight is 207 g/mol. The van der Waals surface area contributed by atoms with E-state index in [9.17, 15) is 0 Å². The van der Waals surface area contributed by atoms with Crippen molar-refractivity contribution >= 4 is 55.3 Å². The molecule has 2 rings (SSSR count). The van der Waals surface area contributed by atoms with Crippen LogP contribution < -0.4 is 0 Å². The Morgan fingerprint density at radius 3 is 1.90 bits per heavy atom. The highest BCUT2D eigenvalue weighted by atomic mass is 35.5. The van der Waals surface area contributed by atoms with Gasteiger partial charge in [-0.1, -0.05) is 23.2 Å². The molecule has 0 spiro atoms. The summed E-state index contributed by atoms with van der Waals surface area (Å²) < 4.78 is 1.09. The third-order valence-corrected chi connectivity index (χ3v) is 3.79. The van der Waals surface area contributed by atoms with E-state index in [2.05, 4.69) is 10.8 Å². The Hall–Kier alpha value is 0.240. The van der Waals surface area contributed by atoms with Crippen molar-refractivity contribution in [1.29, 1.82) is 0 Å². The lowest BCUT2D eigenvalue weighted by Gasteiger charge is -1.78. The van der Waals surface area contributed by atoms with E-state index in [0.29, 0.717) is 10.0 Å². The van der Waals surface area contributed by atoms with E-state index in [1.807, 2.05) is 0 Å². The van der Waals surface area contributed by atoms with Crippen molar-refractivity contribution in [3.05, 3.63) is 20.8 Å². The highest BCUT2D eigenvalue weighted by Gasteiger charge is 2.08. The molecule has 0 amide bonds. The summed E-state index contributed by atoms with van der Waals surface area (Å²) in [4.78, 5) is 0. The Kier molecular flexibility index (Phi) is 1.65. The van der Waals surface area contributed by atoms with Crippen LogP contribution in [0.25, 0.3) is 9.40 Å². The first kappa shape index (κ1) is 6.92. The molecule has 2 aromatic heterocycles. The van der Waals surface area contributed by atoms with Crippen molar-refractivity contribution in [2.45, 2.75) is 0 Å². The fraction of sp³-hybridized carbons (Fsp3) is 0. The Morgan fingerprint density at radius 1 is 1.00 bits per heavy atom. The molecule has 10 heavy (non-hydrogen) atoms. The third kappa shape index (κ3) is 0.873. The van der Waals surface area contributed by atoms with Crippen LogP contribution in [-0.2, 0) is 0 Å². The van der Waals surface area contributed by atoms with E-state index >= 15 is 0 Å². The maximum atomic E-state index is 5.78. The quantitative estimate of drug-likeness (QED) is 0.615. The smallest absolute Gasteiger partial charge is 0.0909 e. The Bertz CT molecular complexity index is 329. The van der Waals surface area contributed by atoms with Crippen LogP contribution in [0.5, 0.6) is 0 Å². The number of hydrogen-bond acceptors (Lipinski definition) is 2. The highest BCUT2D eigenvalue weighted by molar-refractivity contribution is 7.37. The highest BCUT2D eigenvalue weighted by Crippen LogP contribution is 2.38. The Morgan fingerprint density at radius 2 is 1.50 bits per heavy atom. The van der Waals surface area contributed by atoms with Crippen LogP contribution in [0.15, 0.2) is 0 Å². The number of halogens is 2. The molecule has 0 aliphatic carbocycles.